The summed E-state index contributed by atoms with van der Waals surface area (Å²) in [7, 11) is 1.97. The third-order valence-corrected chi connectivity index (χ3v) is 5.36. The maximum atomic E-state index is 12.4. The van der Waals surface area contributed by atoms with Crippen molar-refractivity contribution in [2.45, 2.75) is 81.7 Å². The molecule has 1 amide bonds. The summed E-state index contributed by atoms with van der Waals surface area (Å²) in [6.45, 7) is 0.0747. The van der Waals surface area contributed by atoms with E-state index >= 15 is 0 Å². The van der Waals surface area contributed by atoms with Crippen LogP contribution in [0.15, 0.2) is 0 Å². The van der Waals surface area contributed by atoms with Gasteiger partial charge < -0.3 is 15.7 Å². The van der Waals surface area contributed by atoms with Crippen molar-refractivity contribution in [3.05, 3.63) is 0 Å². The van der Waals surface area contributed by atoms with Gasteiger partial charge in [0.15, 0.2) is 0 Å². The van der Waals surface area contributed by atoms with Crippen molar-refractivity contribution in [3.8, 4) is 0 Å². The second-order valence-electron chi connectivity index (χ2n) is 6.82. The molecule has 0 aromatic rings. The molecule has 0 bridgehead atoms. The molecule has 3 N–H and O–H groups in total. The molecule has 0 radical (unpaired) electrons. The SMILES string of the molecule is CNC1(CC(=O)NC2(CO)CCCCC2)CCCCC1. The van der Waals surface area contributed by atoms with Gasteiger partial charge in [-0.1, -0.05) is 38.5 Å². The molecular weight excluding hydrogens is 252 g/mol. The van der Waals surface area contributed by atoms with Crippen molar-refractivity contribution < 1.29 is 9.90 Å². The fourth-order valence-corrected chi connectivity index (χ4v) is 3.94. The Morgan fingerprint density at radius 3 is 1.90 bits per heavy atom. The number of nitrogens with one attached hydrogen (secondary N) is 2. The lowest BCUT2D eigenvalue weighted by Crippen LogP contribution is -2.56. The molecule has 0 aromatic carbocycles. The summed E-state index contributed by atoms with van der Waals surface area (Å²) in [5, 5.41) is 16.2. The van der Waals surface area contributed by atoms with E-state index in [1.54, 1.807) is 0 Å². The van der Waals surface area contributed by atoms with Crippen molar-refractivity contribution in [1.29, 1.82) is 0 Å². The second kappa shape index (κ2) is 6.90. The quantitative estimate of drug-likeness (QED) is 0.724. The number of aliphatic hydroxyl groups is 1. The number of aliphatic hydroxyl groups excluding tert-OH is 1. The maximum Gasteiger partial charge on any atom is 0.222 e. The lowest BCUT2D eigenvalue weighted by molar-refractivity contribution is -0.126. The molecule has 0 aromatic heterocycles. The molecule has 2 fully saturated rings. The van der Waals surface area contributed by atoms with E-state index in [2.05, 4.69) is 10.6 Å². The van der Waals surface area contributed by atoms with Crippen LogP contribution >= 0.6 is 0 Å². The summed E-state index contributed by atoms with van der Waals surface area (Å²) in [6, 6.07) is 0. The van der Waals surface area contributed by atoms with Crippen LogP contribution in [-0.4, -0.2) is 35.7 Å². The van der Waals surface area contributed by atoms with E-state index in [1.165, 1.54) is 25.7 Å². The fourth-order valence-electron chi connectivity index (χ4n) is 3.94. The molecule has 2 aliphatic carbocycles. The van der Waals surface area contributed by atoms with Gasteiger partial charge in [0.05, 0.1) is 12.1 Å². The highest BCUT2D eigenvalue weighted by atomic mass is 16.3. The van der Waals surface area contributed by atoms with Crippen LogP contribution in [0.25, 0.3) is 0 Å². The van der Waals surface area contributed by atoms with E-state index in [4.69, 9.17) is 0 Å². The van der Waals surface area contributed by atoms with Crippen molar-refractivity contribution in [1.82, 2.24) is 10.6 Å². The molecule has 4 nitrogen and oxygen atoms in total. The van der Waals surface area contributed by atoms with Gasteiger partial charge in [0.1, 0.15) is 0 Å². The van der Waals surface area contributed by atoms with E-state index in [0.29, 0.717) is 6.42 Å². The standard InChI is InChI=1S/C16H30N2O2/c1-17-15(8-4-2-5-9-15)12-14(20)18-16(13-19)10-6-3-7-11-16/h17,19H,2-13H2,1H3,(H,18,20). The van der Waals surface area contributed by atoms with E-state index in [1.807, 2.05) is 7.05 Å². The average molecular weight is 282 g/mol. The molecule has 0 aliphatic heterocycles. The molecule has 2 rings (SSSR count). The fraction of sp³-hybridized carbons (Fsp3) is 0.938. The van der Waals surface area contributed by atoms with Crippen LogP contribution in [0.1, 0.15) is 70.6 Å². The smallest absolute Gasteiger partial charge is 0.222 e. The molecule has 2 aliphatic rings. The molecule has 0 spiro atoms. The van der Waals surface area contributed by atoms with Gasteiger partial charge in [0.2, 0.25) is 5.91 Å². The normalized spacial score (nSPS) is 25.1. The molecule has 20 heavy (non-hydrogen) atoms. The Morgan fingerprint density at radius 1 is 0.950 bits per heavy atom. The van der Waals surface area contributed by atoms with Crippen molar-refractivity contribution in [2.24, 2.45) is 0 Å². The molecule has 116 valence electrons. The first kappa shape index (κ1) is 15.8. The first-order valence-corrected chi connectivity index (χ1v) is 8.25. The highest BCUT2D eigenvalue weighted by Crippen LogP contribution is 2.32. The summed E-state index contributed by atoms with van der Waals surface area (Å²) in [5.41, 5.74) is -0.368. The van der Waals surface area contributed by atoms with Crippen LogP contribution in [0.3, 0.4) is 0 Å². The minimum Gasteiger partial charge on any atom is -0.394 e. The Kier molecular flexibility index (Phi) is 5.44. The largest absolute Gasteiger partial charge is 0.394 e. The lowest BCUT2D eigenvalue weighted by atomic mass is 9.78. The van der Waals surface area contributed by atoms with Gasteiger partial charge in [-0.3, -0.25) is 4.79 Å². The van der Waals surface area contributed by atoms with Crippen LogP contribution in [0.2, 0.25) is 0 Å². The first-order valence-electron chi connectivity index (χ1n) is 8.25. The summed E-state index contributed by atoms with van der Waals surface area (Å²) >= 11 is 0. The van der Waals surface area contributed by atoms with Gasteiger partial charge >= 0.3 is 0 Å². The second-order valence-corrected chi connectivity index (χ2v) is 6.82. The number of amides is 1. The van der Waals surface area contributed by atoms with Gasteiger partial charge in [-0.25, -0.2) is 0 Å². The number of carbonyl (C=O) groups excluding carboxylic acids is 1. The molecule has 0 heterocycles. The van der Waals surface area contributed by atoms with Crippen LogP contribution in [0.5, 0.6) is 0 Å². The predicted molar refractivity (Wildman–Crippen MR) is 80.5 cm³/mol. The van der Waals surface area contributed by atoms with Crippen molar-refractivity contribution in [3.63, 3.8) is 0 Å². The topological polar surface area (TPSA) is 61.4 Å². The van der Waals surface area contributed by atoms with Gasteiger partial charge in [0.25, 0.3) is 0 Å². The monoisotopic (exact) mass is 282 g/mol. The zero-order valence-corrected chi connectivity index (χ0v) is 12.8. The lowest BCUT2D eigenvalue weighted by Gasteiger charge is -2.40. The van der Waals surface area contributed by atoms with Crippen LogP contribution in [-0.2, 0) is 4.79 Å². The van der Waals surface area contributed by atoms with Crippen molar-refractivity contribution >= 4 is 5.91 Å². The number of hydrogen-bond acceptors (Lipinski definition) is 3. The summed E-state index contributed by atoms with van der Waals surface area (Å²) < 4.78 is 0. The Morgan fingerprint density at radius 2 is 1.45 bits per heavy atom. The van der Waals surface area contributed by atoms with Gasteiger partial charge in [-0.2, -0.15) is 0 Å². The van der Waals surface area contributed by atoms with Crippen LogP contribution < -0.4 is 10.6 Å². The summed E-state index contributed by atoms with van der Waals surface area (Å²) in [5.74, 6) is 0.109. The zero-order valence-electron chi connectivity index (χ0n) is 12.8. The molecule has 0 saturated heterocycles. The molecule has 2 saturated carbocycles. The first-order chi connectivity index (χ1) is 9.64. The minimum absolute atomic E-state index is 0.0202. The Balaban J connectivity index is 1.93. The summed E-state index contributed by atoms with van der Waals surface area (Å²) in [6.07, 6.45) is 11.7. The Bertz CT molecular complexity index is 288. The molecule has 4 heteroatoms. The maximum absolute atomic E-state index is 12.4. The van der Waals surface area contributed by atoms with E-state index < -0.39 is 0 Å². The summed E-state index contributed by atoms with van der Waals surface area (Å²) in [4.78, 5) is 12.4. The van der Waals surface area contributed by atoms with Crippen molar-refractivity contribution in [2.75, 3.05) is 13.7 Å². The minimum atomic E-state index is -0.348. The van der Waals surface area contributed by atoms with Gasteiger partial charge in [-0.15, -0.1) is 0 Å². The third kappa shape index (κ3) is 3.73. The molecule has 0 unspecified atom stereocenters. The van der Waals surface area contributed by atoms with Gasteiger partial charge in [0, 0.05) is 12.0 Å². The highest BCUT2D eigenvalue weighted by molar-refractivity contribution is 5.78. The van der Waals surface area contributed by atoms with E-state index in [-0.39, 0.29) is 23.6 Å². The van der Waals surface area contributed by atoms with Gasteiger partial charge in [-0.05, 0) is 32.7 Å². The number of hydrogen-bond donors (Lipinski definition) is 3. The highest BCUT2D eigenvalue weighted by Gasteiger charge is 2.37. The average Bonchev–Trinajstić information content (AvgIpc) is 2.49. The molecular formula is C16H30N2O2. The molecule has 0 atom stereocenters. The Labute approximate surface area is 122 Å². The van der Waals surface area contributed by atoms with Crippen LogP contribution in [0, 0.1) is 0 Å². The van der Waals surface area contributed by atoms with Crippen LogP contribution in [0.4, 0.5) is 0 Å². The predicted octanol–water partition coefficient (Wildman–Crippen LogP) is 2.11. The number of carbonyl (C=O) groups is 1. The zero-order chi connectivity index (χ0) is 14.5. The van der Waals surface area contributed by atoms with E-state index in [9.17, 15) is 9.90 Å². The Hall–Kier alpha value is -0.610. The van der Waals surface area contributed by atoms with E-state index in [0.717, 1.165) is 38.5 Å². The number of rotatable bonds is 5. The third-order valence-electron chi connectivity index (χ3n) is 5.36.